The molecule has 0 bridgehead atoms. The highest BCUT2D eigenvalue weighted by molar-refractivity contribution is 6.03. The Morgan fingerprint density at radius 2 is 1.79 bits per heavy atom. The van der Waals surface area contributed by atoms with Crippen LogP contribution in [-0.4, -0.2) is 40.8 Å². The number of hydrogen-bond donors (Lipinski definition) is 1. The number of imide groups is 1. The van der Waals surface area contributed by atoms with Crippen molar-refractivity contribution in [3.8, 4) is 0 Å². The Morgan fingerprint density at radius 3 is 2.62 bits per heavy atom. The second kappa shape index (κ2) is 5.81. The number of benzene rings is 2. The maximum atomic E-state index is 12.6. The molecule has 120 valence electrons. The first kappa shape index (κ1) is 14.4. The molecule has 1 unspecified atom stereocenters. The number of carbonyl (C=O) groups excluding carboxylic acids is 2. The molecule has 1 saturated heterocycles. The van der Waals surface area contributed by atoms with E-state index in [1.165, 1.54) is 9.80 Å². The maximum absolute atomic E-state index is 12.6. The molecule has 0 aliphatic carbocycles. The zero-order valence-electron chi connectivity index (χ0n) is 12.9. The third-order valence-corrected chi connectivity index (χ3v) is 4.13. The van der Waals surface area contributed by atoms with E-state index in [4.69, 9.17) is 0 Å². The summed E-state index contributed by atoms with van der Waals surface area (Å²) in [5, 5.41) is 3.14. The Labute approximate surface area is 139 Å². The molecule has 4 rings (SSSR count). The average molecular weight is 320 g/mol. The van der Waals surface area contributed by atoms with Gasteiger partial charge in [-0.15, -0.1) is 0 Å². The van der Waals surface area contributed by atoms with E-state index in [0.717, 1.165) is 16.8 Å². The van der Waals surface area contributed by atoms with Crippen LogP contribution in [0.5, 0.6) is 0 Å². The van der Waals surface area contributed by atoms with Crippen LogP contribution in [0.4, 0.5) is 10.5 Å². The third-order valence-electron chi connectivity index (χ3n) is 4.13. The summed E-state index contributed by atoms with van der Waals surface area (Å²) in [6.45, 7) is 0.484. The monoisotopic (exact) mass is 320 g/mol. The van der Waals surface area contributed by atoms with E-state index in [1.807, 2.05) is 54.6 Å². The summed E-state index contributed by atoms with van der Waals surface area (Å²) in [6, 6.07) is 17.0. The highest BCUT2D eigenvalue weighted by Gasteiger charge is 2.41. The van der Waals surface area contributed by atoms with Crippen molar-refractivity contribution in [2.75, 3.05) is 11.9 Å². The van der Waals surface area contributed by atoms with Crippen molar-refractivity contribution in [2.24, 2.45) is 4.99 Å². The van der Waals surface area contributed by atoms with Crippen LogP contribution in [0.15, 0.2) is 59.6 Å². The molecule has 6 nitrogen and oxygen atoms in total. The second-order valence-electron chi connectivity index (χ2n) is 5.77. The van der Waals surface area contributed by atoms with Crippen LogP contribution in [0.2, 0.25) is 0 Å². The van der Waals surface area contributed by atoms with Gasteiger partial charge in [0.15, 0.2) is 0 Å². The molecule has 0 radical (unpaired) electrons. The van der Waals surface area contributed by atoms with Gasteiger partial charge in [-0.3, -0.25) is 4.79 Å². The maximum Gasteiger partial charge on any atom is 0.330 e. The number of anilines is 1. The summed E-state index contributed by atoms with van der Waals surface area (Å²) in [5.74, 6) is -0.245. The van der Waals surface area contributed by atoms with Gasteiger partial charge in [0.05, 0.1) is 0 Å². The molecule has 24 heavy (non-hydrogen) atoms. The lowest BCUT2D eigenvalue weighted by Gasteiger charge is -2.27. The molecule has 0 spiro atoms. The minimum Gasteiger partial charge on any atom is -0.346 e. The lowest BCUT2D eigenvalue weighted by atomic mass is 10.2. The van der Waals surface area contributed by atoms with Gasteiger partial charge in [0.2, 0.25) is 6.29 Å². The van der Waals surface area contributed by atoms with Crippen LogP contribution >= 0.6 is 0 Å². The van der Waals surface area contributed by atoms with Crippen LogP contribution in [-0.2, 0) is 11.3 Å². The number of hydrogen-bond acceptors (Lipinski definition) is 4. The van der Waals surface area contributed by atoms with Crippen molar-refractivity contribution in [2.45, 2.75) is 12.8 Å². The van der Waals surface area contributed by atoms with Crippen molar-refractivity contribution in [1.29, 1.82) is 0 Å². The fraction of sp³-hybridized carbons (Fsp3) is 0.167. The lowest BCUT2D eigenvalue weighted by Crippen LogP contribution is -2.45. The second-order valence-corrected chi connectivity index (χ2v) is 5.77. The van der Waals surface area contributed by atoms with Crippen LogP contribution in [0.25, 0.3) is 0 Å². The molecule has 2 heterocycles. The number of nitrogens with one attached hydrogen (secondary N) is 1. The van der Waals surface area contributed by atoms with E-state index in [-0.39, 0.29) is 18.5 Å². The Morgan fingerprint density at radius 1 is 1.04 bits per heavy atom. The first-order chi connectivity index (χ1) is 11.7. The summed E-state index contributed by atoms with van der Waals surface area (Å²) in [6.07, 6.45) is 0.998. The summed E-state index contributed by atoms with van der Waals surface area (Å²) in [4.78, 5) is 32.0. The number of aliphatic imine (C=N–C) groups is 1. The average Bonchev–Trinajstić information content (AvgIpc) is 2.89. The van der Waals surface area contributed by atoms with Crippen LogP contribution in [0, 0.1) is 0 Å². The predicted molar refractivity (Wildman–Crippen MR) is 90.5 cm³/mol. The molecule has 2 aliphatic rings. The molecule has 2 aromatic carbocycles. The van der Waals surface area contributed by atoms with Crippen molar-refractivity contribution in [1.82, 2.24) is 9.80 Å². The van der Waals surface area contributed by atoms with Gasteiger partial charge in [0, 0.05) is 24.0 Å². The molecule has 2 aromatic rings. The first-order valence-corrected chi connectivity index (χ1v) is 7.76. The summed E-state index contributed by atoms with van der Waals surface area (Å²) in [7, 11) is 0. The van der Waals surface area contributed by atoms with E-state index in [9.17, 15) is 9.59 Å². The standard InChI is InChI=1S/C18H16N4O2/c23-16-12-21(11-13-6-2-1-3-7-13)18(24)22(16)17-19-10-14-8-4-5-9-15(14)20-17/h1-10,17,20H,11-12H2. The number of fused-ring (bicyclic) bond motifs is 1. The van der Waals surface area contributed by atoms with E-state index >= 15 is 0 Å². The van der Waals surface area contributed by atoms with Crippen LogP contribution in [0.3, 0.4) is 0 Å². The van der Waals surface area contributed by atoms with Gasteiger partial charge in [0.25, 0.3) is 5.91 Å². The summed E-state index contributed by atoms with van der Waals surface area (Å²) in [5.41, 5.74) is 2.79. The van der Waals surface area contributed by atoms with Crippen LogP contribution in [0.1, 0.15) is 11.1 Å². The SMILES string of the molecule is O=C1CN(Cc2ccccc2)C(=O)N1C1N=Cc2ccccc2N1. The van der Waals surface area contributed by atoms with E-state index in [0.29, 0.717) is 6.54 Å². The van der Waals surface area contributed by atoms with Gasteiger partial charge in [-0.1, -0.05) is 48.5 Å². The molecule has 6 heteroatoms. The van der Waals surface area contributed by atoms with Crippen molar-refractivity contribution < 1.29 is 9.59 Å². The quantitative estimate of drug-likeness (QED) is 0.883. The van der Waals surface area contributed by atoms with Gasteiger partial charge in [-0.05, 0) is 11.6 Å². The Balaban J connectivity index is 1.53. The predicted octanol–water partition coefficient (Wildman–Crippen LogP) is 2.28. The minimum atomic E-state index is -0.694. The van der Waals surface area contributed by atoms with Crippen molar-refractivity contribution in [3.63, 3.8) is 0 Å². The smallest absolute Gasteiger partial charge is 0.330 e. The summed E-state index contributed by atoms with van der Waals surface area (Å²) < 4.78 is 0. The number of amides is 3. The fourth-order valence-corrected chi connectivity index (χ4v) is 2.93. The van der Waals surface area contributed by atoms with E-state index < -0.39 is 6.29 Å². The highest BCUT2D eigenvalue weighted by Crippen LogP contribution is 2.24. The zero-order valence-corrected chi connectivity index (χ0v) is 12.9. The van der Waals surface area contributed by atoms with Crippen molar-refractivity contribution in [3.05, 3.63) is 65.7 Å². The van der Waals surface area contributed by atoms with Gasteiger partial charge in [-0.2, -0.15) is 0 Å². The Hall–Kier alpha value is -3.15. The molecule has 1 fully saturated rings. The molecule has 1 atom stereocenters. The fourth-order valence-electron chi connectivity index (χ4n) is 2.93. The molecular weight excluding hydrogens is 304 g/mol. The van der Waals surface area contributed by atoms with Crippen molar-refractivity contribution >= 4 is 23.8 Å². The van der Waals surface area contributed by atoms with Gasteiger partial charge in [0.1, 0.15) is 6.54 Å². The zero-order chi connectivity index (χ0) is 16.5. The van der Waals surface area contributed by atoms with Gasteiger partial charge >= 0.3 is 6.03 Å². The normalized spacial score (nSPS) is 19.4. The Kier molecular flexibility index (Phi) is 3.49. The largest absolute Gasteiger partial charge is 0.346 e. The van der Waals surface area contributed by atoms with Crippen LogP contribution < -0.4 is 5.32 Å². The van der Waals surface area contributed by atoms with Gasteiger partial charge < -0.3 is 10.2 Å². The molecule has 1 N–H and O–H groups in total. The number of rotatable bonds is 3. The third kappa shape index (κ3) is 2.52. The van der Waals surface area contributed by atoms with Gasteiger partial charge in [-0.25, -0.2) is 14.7 Å². The molecule has 0 saturated carbocycles. The summed E-state index contributed by atoms with van der Waals surface area (Å²) >= 11 is 0. The molecule has 2 aliphatic heterocycles. The van der Waals surface area contributed by atoms with E-state index in [1.54, 1.807) is 6.21 Å². The first-order valence-electron chi connectivity index (χ1n) is 7.76. The minimum absolute atomic E-state index is 0.0725. The van der Waals surface area contributed by atoms with E-state index in [2.05, 4.69) is 10.3 Å². The molecular formula is C18H16N4O2. The number of urea groups is 1. The molecule has 3 amide bonds. The molecule has 0 aromatic heterocycles. The number of para-hydroxylation sites is 1. The number of nitrogens with zero attached hydrogens (tertiary/aromatic N) is 3. The topological polar surface area (TPSA) is 65.0 Å². The number of carbonyl (C=O) groups is 2. The Bertz CT molecular complexity index is 819. The highest BCUT2D eigenvalue weighted by atomic mass is 16.2. The lowest BCUT2D eigenvalue weighted by molar-refractivity contribution is -0.126.